The topological polar surface area (TPSA) is 269 Å². The van der Waals surface area contributed by atoms with Gasteiger partial charge in [-0.05, 0) is 25.1 Å². The molecule has 2 saturated heterocycles. The van der Waals surface area contributed by atoms with Gasteiger partial charge in [-0.3, -0.25) is 4.79 Å². The Morgan fingerprint density at radius 1 is 0.744 bits per heavy atom. The number of fused-ring (bicyclic) bond motifs is 1. The van der Waals surface area contributed by atoms with Crippen LogP contribution in [0.15, 0.2) is 39.5 Å². The van der Waals surface area contributed by atoms with Gasteiger partial charge in [0.05, 0.1) is 12.7 Å². The molecule has 0 amide bonds. The van der Waals surface area contributed by atoms with Crippen LogP contribution in [0, 0.1) is 0 Å². The Morgan fingerprint density at radius 2 is 1.42 bits per heavy atom. The highest BCUT2D eigenvalue weighted by Crippen LogP contribution is 2.39. The van der Waals surface area contributed by atoms with Crippen molar-refractivity contribution in [2.24, 2.45) is 0 Å². The number of hydrogen-bond donors (Lipinski definition) is 10. The molecule has 16 heteroatoms. The third-order valence-electron chi connectivity index (χ3n) is 7.29. The molecule has 0 spiro atoms. The fraction of sp³-hybridized carbons (Fsp3) is 0.444. The second-order valence-electron chi connectivity index (χ2n) is 10.3. The van der Waals surface area contributed by atoms with Crippen LogP contribution in [0.5, 0.6) is 28.7 Å². The molecule has 0 aliphatic carbocycles. The molecule has 0 radical (unpaired) electrons. The molecule has 16 nitrogen and oxygen atoms in total. The summed E-state index contributed by atoms with van der Waals surface area (Å²) in [5, 5.41) is 101. The van der Waals surface area contributed by atoms with Crippen molar-refractivity contribution < 1.29 is 74.4 Å². The zero-order chi connectivity index (χ0) is 31.3. The minimum absolute atomic E-state index is 0.0313. The molecular weight excluding hydrogens is 580 g/mol. The first-order chi connectivity index (χ1) is 20.3. The Morgan fingerprint density at radius 3 is 2.12 bits per heavy atom. The van der Waals surface area contributed by atoms with E-state index in [9.17, 15) is 55.9 Å². The number of ether oxygens (including phenoxy) is 4. The first-order valence-electron chi connectivity index (χ1n) is 13.0. The van der Waals surface area contributed by atoms with Crippen molar-refractivity contribution in [2.45, 2.75) is 68.3 Å². The zero-order valence-corrected chi connectivity index (χ0v) is 22.3. The van der Waals surface area contributed by atoms with Gasteiger partial charge < -0.3 is 74.4 Å². The molecule has 2 aliphatic rings. The molecule has 1 aromatic heterocycles. The molecular formula is C27H30O16. The van der Waals surface area contributed by atoms with Crippen molar-refractivity contribution in [1.82, 2.24) is 0 Å². The summed E-state index contributed by atoms with van der Waals surface area (Å²) in [5.74, 6) is -3.33. The number of phenolic OH excluding ortho intramolecular Hbond substituents is 4. The van der Waals surface area contributed by atoms with Crippen molar-refractivity contribution in [1.29, 1.82) is 0 Å². The van der Waals surface area contributed by atoms with E-state index in [1.165, 1.54) is 13.0 Å². The lowest BCUT2D eigenvalue weighted by atomic mass is 9.98. The average molecular weight is 611 g/mol. The molecule has 5 rings (SSSR count). The highest BCUT2D eigenvalue weighted by Gasteiger charge is 2.47. The molecule has 2 aromatic carbocycles. The summed E-state index contributed by atoms with van der Waals surface area (Å²) in [4.78, 5) is 13.6. The van der Waals surface area contributed by atoms with Crippen molar-refractivity contribution in [3.05, 3.63) is 40.6 Å². The summed E-state index contributed by atoms with van der Waals surface area (Å²) >= 11 is 0. The van der Waals surface area contributed by atoms with Gasteiger partial charge in [0.2, 0.25) is 17.5 Å². The van der Waals surface area contributed by atoms with E-state index >= 15 is 0 Å². The molecule has 3 heterocycles. The van der Waals surface area contributed by atoms with E-state index in [-0.39, 0.29) is 11.1 Å². The van der Waals surface area contributed by atoms with Crippen molar-refractivity contribution in [3.63, 3.8) is 0 Å². The largest absolute Gasteiger partial charge is 0.508 e. The lowest BCUT2D eigenvalue weighted by Gasteiger charge is -2.42. The standard InChI is InChI=1S/C27H30O16/c1-8-17(32)20(35)22(37)26(40-8)39-7-15-18(33)21(36)23(38)27(42-15)43-25-19(34)16-13(31)5-10(28)6-14(16)41-24(25)9-2-3-11(29)12(30)4-9/h2-6,8,15,17-18,20-23,26-33,35-38H,7H2,1H3/t8-,15+,17-,18+,20+,21-,22-,23-,26+,27-/m0/s1. The van der Waals surface area contributed by atoms with E-state index in [4.69, 9.17) is 23.4 Å². The lowest BCUT2D eigenvalue weighted by Crippen LogP contribution is -2.61. The number of aromatic hydroxyl groups is 4. The Kier molecular flexibility index (Phi) is 8.41. The summed E-state index contributed by atoms with van der Waals surface area (Å²) in [5.41, 5.74) is -1.35. The maximum Gasteiger partial charge on any atom is 0.239 e. The Balaban J connectivity index is 1.48. The Hall–Kier alpha value is -3.71. The van der Waals surface area contributed by atoms with Crippen LogP contribution in [0.1, 0.15) is 6.92 Å². The van der Waals surface area contributed by atoms with Gasteiger partial charge in [-0.15, -0.1) is 0 Å². The summed E-state index contributed by atoms with van der Waals surface area (Å²) in [6.07, 6.45) is -16.2. The smallest absolute Gasteiger partial charge is 0.239 e. The fourth-order valence-corrected chi connectivity index (χ4v) is 4.84. The number of phenols is 4. The maximum atomic E-state index is 13.6. The van der Waals surface area contributed by atoms with Gasteiger partial charge in [0.25, 0.3) is 0 Å². The summed E-state index contributed by atoms with van der Waals surface area (Å²) in [6.45, 7) is 0.818. The molecule has 0 bridgehead atoms. The molecule has 43 heavy (non-hydrogen) atoms. The van der Waals surface area contributed by atoms with Gasteiger partial charge in [-0.25, -0.2) is 0 Å². The van der Waals surface area contributed by atoms with Gasteiger partial charge in [0.15, 0.2) is 23.5 Å². The first kappa shape index (κ1) is 30.7. The molecule has 10 N–H and O–H groups in total. The third-order valence-corrected chi connectivity index (χ3v) is 7.29. The molecule has 234 valence electrons. The third kappa shape index (κ3) is 5.67. The second kappa shape index (κ2) is 11.8. The maximum absolute atomic E-state index is 13.6. The normalized spacial score (nSPS) is 33.0. The highest BCUT2D eigenvalue weighted by molar-refractivity contribution is 5.88. The van der Waals surface area contributed by atoms with E-state index in [1.54, 1.807) is 0 Å². The summed E-state index contributed by atoms with van der Waals surface area (Å²) in [6, 6.07) is 5.24. The molecule has 0 unspecified atom stereocenters. The van der Waals surface area contributed by atoms with Crippen molar-refractivity contribution in [3.8, 4) is 40.1 Å². The average Bonchev–Trinajstić information content (AvgIpc) is 2.96. The van der Waals surface area contributed by atoms with Crippen LogP contribution in [-0.4, -0.2) is 119 Å². The summed E-state index contributed by atoms with van der Waals surface area (Å²) < 4.78 is 27.8. The molecule has 2 fully saturated rings. The van der Waals surface area contributed by atoms with E-state index in [1.807, 2.05) is 0 Å². The lowest BCUT2D eigenvalue weighted by molar-refractivity contribution is -0.318. The van der Waals surface area contributed by atoms with Gasteiger partial charge >= 0.3 is 0 Å². The number of rotatable bonds is 6. The number of hydrogen-bond acceptors (Lipinski definition) is 16. The van der Waals surface area contributed by atoms with Crippen LogP contribution in [0.25, 0.3) is 22.3 Å². The monoisotopic (exact) mass is 610 g/mol. The SMILES string of the molecule is C[C@@H]1O[C@@H](OC[C@H]2O[C@@H](Oc3c(-c4ccc(O)c(O)c4)oc4cc(O)cc(O)c4c3=O)[C@@H](O)[C@@H](O)[C@@H]2O)[C@@H](O)[C@H](O)[C@H]1O. The Bertz CT molecular complexity index is 1540. The van der Waals surface area contributed by atoms with Crippen LogP contribution in [0.2, 0.25) is 0 Å². The number of benzene rings is 2. The van der Waals surface area contributed by atoms with Crippen LogP contribution < -0.4 is 10.2 Å². The van der Waals surface area contributed by atoms with Crippen LogP contribution >= 0.6 is 0 Å². The van der Waals surface area contributed by atoms with Gasteiger partial charge in [-0.2, -0.15) is 0 Å². The molecule has 10 atom stereocenters. The van der Waals surface area contributed by atoms with E-state index in [0.717, 1.165) is 24.3 Å². The predicted octanol–water partition coefficient (Wildman–Crippen LogP) is -1.69. The minimum atomic E-state index is -1.97. The van der Waals surface area contributed by atoms with E-state index < -0.39 is 113 Å². The Labute approximate surface area is 241 Å². The van der Waals surface area contributed by atoms with Gasteiger partial charge in [0.1, 0.15) is 65.2 Å². The zero-order valence-electron chi connectivity index (χ0n) is 22.3. The van der Waals surface area contributed by atoms with Crippen LogP contribution in [0.4, 0.5) is 0 Å². The minimum Gasteiger partial charge on any atom is -0.508 e. The molecule has 2 aliphatic heterocycles. The van der Waals surface area contributed by atoms with Gasteiger partial charge in [0, 0.05) is 17.7 Å². The number of aliphatic hydroxyl groups is 6. The van der Waals surface area contributed by atoms with Crippen LogP contribution in [0.3, 0.4) is 0 Å². The van der Waals surface area contributed by atoms with Gasteiger partial charge in [-0.1, -0.05) is 0 Å². The highest BCUT2D eigenvalue weighted by atomic mass is 16.7. The van der Waals surface area contributed by atoms with Crippen LogP contribution in [-0.2, 0) is 14.2 Å². The van der Waals surface area contributed by atoms with Crippen molar-refractivity contribution in [2.75, 3.05) is 6.61 Å². The summed E-state index contributed by atoms with van der Waals surface area (Å²) in [7, 11) is 0. The molecule has 3 aromatic rings. The quantitative estimate of drug-likeness (QED) is 0.140. The fourth-order valence-electron chi connectivity index (χ4n) is 4.84. The predicted molar refractivity (Wildman–Crippen MR) is 140 cm³/mol. The van der Waals surface area contributed by atoms with Crippen molar-refractivity contribution >= 4 is 11.0 Å². The second-order valence-corrected chi connectivity index (χ2v) is 10.3. The van der Waals surface area contributed by atoms with E-state index in [0.29, 0.717) is 0 Å². The first-order valence-corrected chi connectivity index (χ1v) is 13.0. The van der Waals surface area contributed by atoms with E-state index in [2.05, 4.69) is 0 Å². The molecule has 0 saturated carbocycles. The number of aliphatic hydroxyl groups excluding tert-OH is 6.